The fourth-order valence-corrected chi connectivity index (χ4v) is 3.94. The van der Waals surface area contributed by atoms with Gasteiger partial charge in [-0.15, -0.1) is 0 Å². The summed E-state index contributed by atoms with van der Waals surface area (Å²) in [6.45, 7) is 5.92. The van der Waals surface area contributed by atoms with Gasteiger partial charge in [0.05, 0.1) is 43.9 Å². The molecule has 9 heteroatoms. The van der Waals surface area contributed by atoms with Crippen molar-refractivity contribution >= 4 is 12.2 Å². The molecular weight excluding hydrogens is 388 g/mol. The fraction of sp³-hybridized carbons (Fsp3) is 0.619. The lowest BCUT2D eigenvalue weighted by atomic mass is 9.95. The van der Waals surface area contributed by atoms with E-state index >= 15 is 0 Å². The van der Waals surface area contributed by atoms with Crippen molar-refractivity contribution in [2.75, 3.05) is 26.3 Å². The normalized spacial score (nSPS) is 23.4. The van der Waals surface area contributed by atoms with Crippen molar-refractivity contribution in [3.63, 3.8) is 0 Å². The van der Waals surface area contributed by atoms with Gasteiger partial charge in [0.1, 0.15) is 12.0 Å². The maximum Gasteiger partial charge on any atom is 0.238 e. The summed E-state index contributed by atoms with van der Waals surface area (Å²) in [7, 11) is 0. The molecule has 30 heavy (non-hydrogen) atoms. The first-order valence-corrected chi connectivity index (χ1v) is 10.4. The van der Waals surface area contributed by atoms with E-state index in [1.54, 1.807) is 24.3 Å². The van der Waals surface area contributed by atoms with Gasteiger partial charge in [0, 0.05) is 6.54 Å². The van der Waals surface area contributed by atoms with Crippen LogP contribution in [-0.4, -0.2) is 67.6 Å². The Kier molecular flexibility index (Phi) is 7.43. The van der Waals surface area contributed by atoms with Gasteiger partial charge in [-0.2, -0.15) is 0 Å². The molecule has 2 aliphatic heterocycles. The Morgan fingerprint density at radius 2 is 2.00 bits per heavy atom. The predicted octanol–water partition coefficient (Wildman–Crippen LogP) is -0.520. The molecule has 0 saturated carbocycles. The maximum absolute atomic E-state index is 12.9. The largest absolute Gasteiger partial charge is 0.508 e. The highest BCUT2D eigenvalue weighted by molar-refractivity contribution is 5.82. The van der Waals surface area contributed by atoms with Crippen LogP contribution in [0.15, 0.2) is 24.3 Å². The van der Waals surface area contributed by atoms with Crippen LogP contribution in [0.5, 0.6) is 5.75 Å². The van der Waals surface area contributed by atoms with E-state index < -0.39 is 24.0 Å². The fourth-order valence-electron chi connectivity index (χ4n) is 3.94. The van der Waals surface area contributed by atoms with E-state index in [4.69, 9.17) is 15.2 Å². The Morgan fingerprint density at radius 3 is 2.60 bits per heavy atom. The second kappa shape index (κ2) is 9.84. The first-order chi connectivity index (χ1) is 14.3. The van der Waals surface area contributed by atoms with Gasteiger partial charge < -0.3 is 35.7 Å². The number of hydrogen-bond acceptors (Lipinski definition) is 8. The third kappa shape index (κ3) is 5.16. The van der Waals surface area contributed by atoms with E-state index in [0.29, 0.717) is 32.7 Å². The monoisotopic (exact) mass is 420 g/mol. The lowest BCUT2D eigenvalue weighted by molar-refractivity contribution is -0.179. The molecule has 4 atom stereocenters. The van der Waals surface area contributed by atoms with Gasteiger partial charge in [-0.1, -0.05) is 26.0 Å². The summed E-state index contributed by atoms with van der Waals surface area (Å²) in [5, 5.41) is 18.9. The summed E-state index contributed by atoms with van der Waals surface area (Å²) in [4.78, 5) is 24.5. The molecule has 2 heterocycles. The SMILES string of the molecule is CC(C)[C@@H](C=O)NC(NC(=O)[C@@H](N)Cc1ccc(O)cc1)C1CNCC12OCCO2. The number of ether oxygens (including phenoxy) is 2. The van der Waals surface area contributed by atoms with Crippen LogP contribution in [0, 0.1) is 11.8 Å². The Morgan fingerprint density at radius 1 is 1.33 bits per heavy atom. The minimum Gasteiger partial charge on any atom is -0.508 e. The first-order valence-electron chi connectivity index (χ1n) is 10.4. The highest BCUT2D eigenvalue weighted by atomic mass is 16.7. The standard InChI is InChI=1S/C21H32N4O5/c1-13(2)18(11-26)24-19(16-10-23-12-21(16)29-7-8-30-21)25-20(28)17(22)9-14-3-5-15(27)6-4-14/h3-6,11,13,16-19,23-24,27H,7-10,12,22H2,1-2H3,(H,25,28)/t16?,17-,18+,19?/m0/s1. The number of amides is 1. The molecule has 0 radical (unpaired) electrons. The van der Waals surface area contributed by atoms with Crippen molar-refractivity contribution in [3.8, 4) is 5.75 Å². The van der Waals surface area contributed by atoms with E-state index in [0.717, 1.165) is 11.8 Å². The number of aldehydes is 1. The Labute approximate surface area is 176 Å². The molecule has 3 rings (SSSR count). The second-order valence-electron chi connectivity index (χ2n) is 8.28. The first kappa shape index (κ1) is 22.6. The van der Waals surface area contributed by atoms with Gasteiger partial charge in [0.2, 0.25) is 5.91 Å². The number of phenolic OH excluding ortho intramolecular Hbond substituents is 1. The van der Waals surface area contributed by atoms with Crippen molar-refractivity contribution in [2.24, 2.45) is 17.6 Å². The Balaban J connectivity index is 1.73. The van der Waals surface area contributed by atoms with Crippen LogP contribution in [0.25, 0.3) is 0 Å². The van der Waals surface area contributed by atoms with E-state index in [1.807, 2.05) is 13.8 Å². The molecule has 9 nitrogen and oxygen atoms in total. The van der Waals surface area contributed by atoms with E-state index in [-0.39, 0.29) is 23.5 Å². The van der Waals surface area contributed by atoms with E-state index in [1.165, 1.54) is 0 Å². The molecule has 2 fully saturated rings. The molecular formula is C21H32N4O5. The summed E-state index contributed by atoms with van der Waals surface area (Å²) in [6, 6.07) is 5.35. The third-order valence-corrected chi connectivity index (χ3v) is 5.74. The van der Waals surface area contributed by atoms with Gasteiger partial charge in [-0.25, -0.2) is 0 Å². The Hall–Kier alpha value is -2.04. The molecule has 0 aromatic heterocycles. The second-order valence-corrected chi connectivity index (χ2v) is 8.28. The number of carbonyl (C=O) groups excluding carboxylic acids is 2. The summed E-state index contributed by atoms with van der Waals surface area (Å²) < 4.78 is 11.8. The number of benzene rings is 1. The van der Waals surface area contributed by atoms with Crippen LogP contribution in [0.2, 0.25) is 0 Å². The average molecular weight is 421 g/mol. The molecule has 1 amide bonds. The van der Waals surface area contributed by atoms with Gasteiger partial charge in [-0.05, 0) is 30.0 Å². The summed E-state index contributed by atoms with van der Waals surface area (Å²) in [6.07, 6.45) is 0.612. The summed E-state index contributed by atoms with van der Waals surface area (Å²) >= 11 is 0. The van der Waals surface area contributed by atoms with Crippen molar-refractivity contribution in [1.82, 2.24) is 16.0 Å². The number of aromatic hydroxyl groups is 1. The molecule has 1 spiro atoms. The lowest BCUT2D eigenvalue weighted by Gasteiger charge is -2.37. The van der Waals surface area contributed by atoms with E-state index in [9.17, 15) is 14.7 Å². The number of nitrogens with two attached hydrogens (primary N) is 1. The van der Waals surface area contributed by atoms with Gasteiger partial charge >= 0.3 is 0 Å². The number of rotatable bonds is 9. The van der Waals surface area contributed by atoms with Crippen LogP contribution in [0.1, 0.15) is 19.4 Å². The molecule has 2 aliphatic rings. The number of nitrogens with one attached hydrogen (secondary N) is 3. The molecule has 0 bridgehead atoms. The quantitative estimate of drug-likeness (QED) is 0.266. The molecule has 1 aromatic carbocycles. The minimum absolute atomic E-state index is 0.0447. The molecule has 1 aromatic rings. The zero-order valence-corrected chi connectivity index (χ0v) is 17.5. The smallest absolute Gasteiger partial charge is 0.238 e. The predicted molar refractivity (Wildman–Crippen MR) is 111 cm³/mol. The van der Waals surface area contributed by atoms with Crippen LogP contribution >= 0.6 is 0 Å². The Bertz CT molecular complexity index is 715. The summed E-state index contributed by atoms with van der Waals surface area (Å²) in [5.41, 5.74) is 6.99. The molecule has 166 valence electrons. The zero-order chi connectivity index (χ0) is 21.7. The third-order valence-electron chi connectivity index (χ3n) is 5.74. The van der Waals surface area contributed by atoms with Crippen molar-refractivity contribution in [2.45, 2.75) is 44.3 Å². The molecule has 6 N–H and O–H groups in total. The van der Waals surface area contributed by atoms with Crippen LogP contribution in [0.4, 0.5) is 0 Å². The van der Waals surface area contributed by atoms with Gasteiger partial charge in [-0.3, -0.25) is 10.1 Å². The highest BCUT2D eigenvalue weighted by Gasteiger charge is 2.52. The van der Waals surface area contributed by atoms with Crippen molar-refractivity contribution < 1.29 is 24.2 Å². The van der Waals surface area contributed by atoms with Crippen molar-refractivity contribution in [1.29, 1.82) is 0 Å². The maximum atomic E-state index is 12.9. The number of hydrogen-bond donors (Lipinski definition) is 5. The number of phenols is 1. The van der Waals surface area contributed by atoms with Crippen LogP contribution < -0.4 is 21.7 Å². The lowest BCUT2D eigenvalue weighted by Crippen LogP contribution is -2.62. The van der Waals surface area contributed by atoms with Crippen molar-refractivity contribution in [3.05, 3.63) is 29.8 Å². The van der Waals surface area contributed by atoms with Gasteiger partial charge in [0.15, 0.2) is 5.79 Å². The molecule has 2 unspecified atom stereocenters. The topological polar surface area (TPSA) is 135 Å². The summed E-state index contributed by atoms with van der Waals surface area (Å²) in [5.74, 6) is -1.20. The van der Waals surface area contributed by atoms with Crippen LogP contribution in [-0.2, 0) is 25.5 Å². The number of carbonyl (C=O) groups is 2. The average Bonchev–Trinajstić information content (AvgIpc) is 3.36. The van der Waals surface area contributed by atoms with E-state index in [2.05, 4.69) is 16.0 Å². The highest BCUT2D eigenvalue weighted by Crippen LogP contribution is 2.33. The van der Waals surface area contributed by atoms with Crippen LogP contribution in [0.3, 0.4) is 0 Å². The molecule has 2 saturated heterocycles. The van der Waals surface area contributed by atoms with Gasteiger partial charge in [0.25, 0.3) is 0 Å². The zero-order valence-electron chi connectivity index (χ0n) is 17.5. The molecule has 0 aliphatic carbocycles. The minimum atomic E-state index is -0.837.